The predicted molar refractivity (Wildman–Crippen MR) is 71.5 cm³/mol. The van der Waals surface area contributed by atoms with Gasteiger partial charge in [-0.05, 0) is 30.7 Å². The molecule has 0 bridgehead atoms. The molecule has 1 aromatic carbocycles. The van der Waals surface area contributed by atoms with Crippen molar-refractivity contribution in [1.82, 2.24) is 5.16 Å². The van der Waals surface area contributed by atoms with E-state index in [0.717, 1.165) is 5.56 Å². The van der Waals surface area contributed by atoms with Gasteiger partial charge in [-0.15, -0.1) is 0 Å². The normalized spacial score (nSPS) is 12.8. The minimum absolute atomic E-state index is 0.231. The van der Waals surface area contributed by atoms with Crippen molar-refractivity contribution in [2.75, 3.05) is 12.1 Å². The SMILES string of the molecule is Cc1cc(NC(=O)C=Cc2ccc3c(c2)OCO3)no1. The van der Waals surface area contributed by atoms with Crippen LogP contribution in [0.25, 0.3) is 6.08 Å². The van der Waals surface area contributed by atoms with Gasteiger partial charge in [0.1, 0.15) is 5.76 Å². The van der Waals surface area contributed by atoms with Crippen molar-refractivity contribution < 1.29 is 18.8 Å². The van der Waals surface area contributed by atoms with E-state index in [-0.39, 0.29) is 12.7 Å². The number of hydrogen-bond acceptors (Lipinski definition) is 5. The molecule has 3 rings (SSSR count). The molecule has 1 aliphatic heterocycles. The van der Waals surface area contributed by atoms with Gasteiger partial charge in [0.25, 0.3) is 0 Å². The van der Waals surface area contributed by atoms with Gasteiger partial charge in [0, 0.05) is 12.1 Å². The number of aromatic nitrogens is 1. The zero-order valence-corrected chi connectivity index (χ0v) is 10.8. The molecular weight excluding hydrogens is 260 g/mol. The molecular formula is C14H12N2O4. The Balaban J connectivity index is 1.66. The van der Waals surface area contributed by atoms with Crippen molar-refractivity contribution in [1.29, 1.82) is 0 Å². The maximum absolute atomic E-state index is 11.7. The number of nitrogens with zero attached hydrogens (tertiary/aromatic N) is 1. The van der Waals surface area contributed by atoms with Crippen molar-refractivity contribution in [2.24, 2.45) is 0 Å². The molecule has 1 amide bonds. The number of carbonyl (C=O) groups is 1. The van der Waals surface area contributed by atoms with Gasteiger partial charge in [0.05, 0.1) is 0 Å². The minimum atomic E-state index is -0.282. The molecule has 2 aromatic rings. The van der Waals surface area contributed by atoms with E-state index in [4.69, 9.17) is 14.0 Å². The third-order valence-electron chi connectivity index (χ3n) is 2.70. The highest BCUT2D eigenvalue weighted by Gasteiger charge is 2.12. The average molecular weight is 272 g/mol. The molecule has 0 atom stereocenters. The standard InChI is InChI=1S/C14H12N2O4/c1-9-6-13(16-20-9)15-14(17)5-3-10-2-4-11-12(7-10)19-8-18-11/h2-7H,8H2,1H3,(H,15,16,17). The summed E-state index contributed by atoms with van der Waals surface area (Å²) in [4.78, 5) is 11.7. The van der Waals surface area contributed by atoms with Crippen LogP contribution in [-0.2, 0) is 4.79 Å². The van der Waals surface area contributed by atoms with Crippen LogP contribution >= 0.6 is 0 Å². The minimum Gasteiger partial charge on any atom is -0.454 e. The molecule has 102 valence electrons. The lowest BCUT2D eigenvalue weighted by Gasteiger charge is -1.98. The van der Waals surface area contributed by atoms with E-state index in [1.165, 1.54) is 6.08 Å². The third kappa shape index (κ3) is 2.64. The molecule has 0 saturated carbocycles. The lowest BCUT2D eigenvalue weighted by molar-refractivity contribution is -0.111. The summed E-state index contributed by atoms with van der Waals surface area (Å²) in [5.41, 5.74) is 0.848. The summed E-state index contributed by atoms with van der Waals surface area (Å²) in [5, 5.41) is 6.28. The molecule has 0 aliphatic carbocycles. The first kappa shape index (κ1) is 12.3. The lowest BCUT2D eigenvalue weighted by Crippen LogP contribution is -2.07. The molecule has 0 unspecified atom stereocenters. The molecule has 2 heterocycles. The van der Waals surface area contributed by atoms with Crippen LogP contribution in [-0.4, -0.2) is 17.9 Å². The monoisotopic (exact) mass is 272 g/mol. The second-order valence-electron chi connectivity index (χ2n) is 4.26. The fraction of sp³-hybridized carbons (Fsp3) is 0.143. The number of benzene rings is 1. The van der Waals surface area contributed by atoms with Crippen LogP contribution in [0.15, 0.2) is 34.9 Å². The van der Waals surface area contributed by atoms with Crippen LogP contribution in [0.3, 0.4) is 0 Å². The van der Waals surface area contributed by atoms with Gasteiger partial charge in [-0.1, -0.05) is 11.2 Å². The van der Waals surface area contributed by atoms with E-state index in [2.05, 4.69) is 10.5 Å². The lowest BCUT2D eigenvalue weighted by atomic mass is 10.2. The third-order valence-corrected chi connectivity index (χ3v) is 2.70. The number of nitrogens with one attached hydrogen (secondary N) is 1. The van der Waals surface area contributed by atoms with E-state index < -0.39 is 0 Å². The van der Waals surface area contributed by atoms with E-state index in [0.29, 0.717) is 23.1 Å². The molecule has 0 saturated heterocycles. The van der Waals surface area contributed by atoms with Crippen LogP contribution < -0.4 is 14.8 Å². The molecule has 0 spiro atoms. The zero-order chi connectivity index (χ0) is 13.9. The Kier molecular flexibility index (Phi) is 3.12. The molecule has 1 aromatic heterocycles. The smallest absolute Gasteiger partial charge is 0.249 e. The van der Waals surface area contributed by atoms with Crippen LogP contribution in [0.1, 0.15) is 11.3 Å². The van der Waals surface area contributed by atoms with Crippen LogP contribution in [0.5, 0.6) is 11.5 Å². The van der Waals surface area contributed by atoms with Gasteiger partial charge in [-0.3, -0.25) is 4.79 Å². The molecule has 0 fully saturated rings. The summed E-state index contributed by atoms with van der Waals surface area (Å²) >= 11 is 0. The van der Waals surface area contributed by atoms with E-state index in [1.54, 1.807) is 25.1 Å². The van der Waals surface area contributed by atoms with Crippen molar-refractivity contribution in [3.8, 4) is 11.5 Å². The number of rotatable bonds is 3. The highest BCUT2D eigenvalue weighted by Crippen LogP contribution is 2.32. The summed E-state index contributed by atoms with van der Waals surface area (Å²) in [6, 6.07) is 7.11. The average Bonchev–Trinajstić information content (AvgIpc) is 3.04. The Labute approximate surface area is 115 Å². The summed E-state index contributed by atoms with van der Waals surface area (Å²) in [6.07, 6.45) is 3.10. The highest BCUT2D eigenvalue weighted by molar-refractivity contribution is 6.01. The molecule has 20 heavy (non-hydrogen) atoms. The second kappa shape index (κ2) is 5.08. The maximum atomic E-state index is 11.7. The number of fused-ring (bicyclic) bond motifs is 1. The number of anilines is 1. The Hall–Kier alpha value is -2.76. The van der Waals surface area contributed by atoms with Crippen LogP contribution in [0, 0.1) is 6.92 Å². The fourth-order valence-electron chi connectivity index (χ4n) is 1.78. The van der Waals surface area contributed by atoms with Gasteiger partial charge in [-0.25, -0.2) is 0 Å². The number of carbonyl (C=O) groups excluding carboxylic acids is 1. The van der Waals surface area contributed by atoms with Gasteiger partial charge in [0.15, 0.2) is 17.3 Å². The van der Waals surface area contributed by atoms with Crippen molar-refractivity contribution in [3.05, 3.63) is 41.7 Å². The summed E-state index contributed by atoms with van der Waals surface area (Å²) < 4.78 is 15.3. The van der Waals surface area contributed by atoms with Gasteiger partial charge in [0.2, 0.25) is 12.7 Å². The number of amides is 1. The fourth-order valence-corrected chi connectivity index (χ4v) is 1.78. The van der Waals surface area contributed by atoms with Crippen LogP contribution in [0.4, 0.5) is 5.82 Å². The Morgan fingerprint density at radius 2 is 2.15 bits per heavy atom. The maximum Gasteiger partial charge on any atom is 0.249 e. The quantitative estimate of drug-likeness (QED) is 0.868. The first-order valence-corrected chi connectivity index (χ1v) is 6.03. The van der Waals surface area contributed by atoms with Crippen molar-refractivity contribution >= 4 is 17.8 Å². The topological polar surface area (TPSA) is 73.6 Å². The largest absolute Gasteiger partial charge is 0.454 e. The van der Waals surface area contributed by atoms with Gasteiger partial charge < -0.3 is 19.3 Å². The summed E-state index contributed by atoms with van der Waals surface area (Å²) in [5.74, 6) is 2.14. The predicted octanol–water partition coefficient (Wildman–Crippen LogP) is 2.36. The highest BCUT2D eigenvalue weighted by atomic mass is 16.7. The van der Waals surface area contributed by atoms with Gasteiger partial charge in [-0.2, -0.15) is 0 Å². The number of ether oxygens (including phenoxy) is 2. The molecule has 1 N–H and O–H groups in total. The first-order chi connectivity index (χ1) is 9.70. The van der Waals surface area contributed by atoms with Gasteiger partial charge >= 0.3 is 0 Å². The molecule has 6 nitrogen and oxygen atoms in total. The van der Waals surface area contributed by atoms with Crippen molar-refractivity contribution in [3.63, 3.8) is 0 Å². The summed E-state index contributed by atoms with van der Waals surface area (Å²) in [7, 11) is 0. The van der Waals surface area contributed by atoms with E-state index >= 15 is 0 Å². The zero-order valence-electron chi connectivity index (χ0n) is 10.8. The molecule has 6 heteroatoms. The Bertz CT molecular complexity index is 676. The second-order valence-corrected chi connectivity index (χ2v) is 4.26. The molecule has 0 radical (unpaired) electrons. The van der Waals surface area contributed by atoms with E-state index in [9.17, 15) is 4.79 Å². The summed E-state index contributed by atoms with van der Waals surface area (Å²) in [6.45, 7) is 1.99. The van der Waals surface area contributed by atoms with E-state index in [1.807, 2.05) is 12.1 Å². The Morgan fingerprint density at radius 3 is 2.95 bits per heavy atom. The first-order valence-electron chi connectivity index (χ1n) is 6.03. The van der Waals surface area contributed by atoms with Crippen molar-refractivity contribution in [2.45, 2.75) is 6.92 Å². The number of hydrogen-bond donors (Lipinski definition) is 1. The number of aryl methyl sites for hydroxylation is 1. The Morgan fingerprint density at radius 1 is 1.30 bits per heavy atom. The molecule has 1 aliphatic rings. The van der Waals surface area contributed by atoms with Crippen LogP contribution in [0.2, 0.25) is 0 Å².